The molecule has 0 amide bonds. The van der Waals surface area contributed by atoms with Gasteiger partial charge in [0.05, 0.1) is 25.1 Å². The topological polar surface area (TPSA) is 183 Å². The minimum Gasteiger partial charge on any atom is -0.463 e. The predicted octanol–water partition coefficient (Wildman–Crippen LogP) is 3.86. The molecule has 0 unspecified atom stereocenters. The van der Waals surface area contributed by atoms with Gasteiger partial charge in [-0.25, -0.2) is 0 Å². The van der Waals surface area contributed by atoms with Crippen LogP contribution in [0.25, 0.3) is 0 Å². The molecule has 33 heavy (non-hydrogen) atoms. The summed E-state index contributed by atoms with van der Waals surface area (Å²) in [5, 5.41) is 47.7. The summed E-state index contributed by atoms with van der Waals surface area (Å²) in [7, 11) is 0. The molecule has 4 heterocycles. The van der Waals surface area contributed by atoms with E-state index < -0.39 is 0 Å². The Bertz CT molecular complexity index is 1000. The number of oxime groups is 4. The molecule has 0 aliphatic rings. The van der Waals surface area contributed by atoms with Crippen LogP contribution < -0.4 is 0 Å². The fourth-order valence-electron chi connectivity index (χ4n) is 2.51. The first-order chi connectivity index (χ1) is 15.7. The van der Waals surface area contributed by atoms with Gasteiger partial charge in [-0.1, -0.05) is 20.6 Å². The van der Waals surface area contributed by atoms with E-state index in [1.807, 2.05) is 0 Å². The molecule has 0 spiro atoms. The maximum absolute atomic E-state index is 8.89. The molecule has 0 aliphatic heterocycles. The van der Waals surface area contributed by atoms with Crippen LogP contribution >= 0.6 is 0 Å². The van der Waals surface area contributed by atoms with Gasteiger partial charge in [-0.2, -0.15) is 0 Å². The van der Waals surface area contributed by atoms with Crippen molar-refractivity contribution < 1.29 is 55.6 Å². The van der Waals surface area contributed by atoms with Gasteiger partial charge in [-0.3, -0.25) is 0 Å². The molecule has 0 aliphatic carbocycles. The third-order valence-corrected chi connectivity index (χ3v) is 3.87. The molecule has 175 valence electrons. The molecule has 4 aromatic rings. The van der Waals surface area contributed by atoms with Crippen molar-refractivity contribution in [1.82, 2.24) is 0 Å². The van der Waals surface area contributed by atoms with E-state index in [0.717, 1.165) is 0 Å². The Morgan fingerprint density at radius 3 is 0.788 bits per heavy atom. The summed E-state index contributed by atoms with van der Waals surface area (Å²) in [6, 6.07) is 12.8. The van der Waals surface area contributed by atoms with Crippen molar-refractivity contribution in [1.29, 1.82) is 0 Å². The minimum atomic E-state index is -0.0116. The minimum absolute atomic E-state index is 0. The first kappa shape index (κ1) is 24.8. The molecule has 0 fully saturated rings. The van der Waals surface area contributed by atoms with E-state index in [9.17, 15) is 0 Å². The molecule has 12 nitrogen and oxygen atoms in total. The second kappa shape index (κ2) is 12.4. The standard InChI is InChI=1S/2C10H8N2O4.Cu/c2*13-11-9(7-3-1-5-15-7)10(12-14)8-4-2-6-16-8;/h2*1-6,13-14H;/b2*11-9+,12-10+;. The van der Waals surface area contributed by atoms with Gasteiger partial charge in [0.2, 0.25) is 0 Å². The summed E-state index contributed by atoms with van der Waals surface area (Å²) in [6.45, 7) is 0. The van der Waals surface area contributed by atoms with Crippen molar-refractivity contribution in [3.63, 3.8) is 0 Å². The van der Waals surface area contributed by atoms with Crippen LogP contribution in [0.2, 0.25) is 0 Å². The quantitative estimate of drug-likeness (QED) is 0.132. The number of furan rings is 4. The molecule has 0 bridgehead atoms. The van der Waals surface area contributed by atoms with Crippen LogP contribution in [0.4, 0.5) is 0 Å². The van der Waals surface area contributed by atoms with Gasteiger partial charge in [-0.15, -0.1) is 0 Å². The van der Waals surface area contributed by atoms with Gasteiger partial charge in [-0.05, 0) is 48.5 Å². The van der Waals surface area contributed by atoms with E-state index in [2.05, 4.69) is 20.6 Å². The zero-order chi connectivity index (χ0) is 22.8. The summed E-state index contributed by atoms with van der Waals surface area (Å²) in [5.41, 5.74) is -0.0465. The molecule has 4 rings (SSSR count). The Hall–Kier alpha value is -4.48. The molecule has 0 saturated heterocycles. The van der Waals surface area contributed by atoms with Crippen molar-refractivity contribution in [2.45, 2.75) is 0 Å². The maximum Gasteiger partial charge on any atom is 0.177 e. The van der Waals surface area contributed by atoms with E-state index >= 15 is 0 Å². The van der Waals surface area contributed by atoms with Crippen LogP contribution in [0.15, 0.2) is 112 Å². The SMILES string of the molecule is O/N=C(/C(=N/O)c1ccco1)c1ccco1.O/N=C(/C(=N/O)c1ccco1)c1ccco1.[Cu]. The molecular formula is C20H16CuN4O8. The fourth-order valence-corrected chi connectivity index (χ4v) is 2.51. The van der Waals surface area contributed by atoms with Crippen LogP contribution in [0, 0.1) is 0 Å². The fraction of sp³-hybridized carbons (Fsp3) is 0. The maximum atomic E-state index is 8.89. The molecule has 4 N–H and O–H groups in total. The van der Waals surface area contributed by atoms with Gasteiger partial charge in [0, 0.05) is 17.1 Å². The van der Waals surface area contributed by atoms with Crippen LogP contribution in [0.3, 0.4) is 0 Å². The average Bonchev–Trinajstić information content (AvgIpc) is 3.63. The average molecular weight is 504 g/mol. The molecule has 0 atom stereocenters. The summed E-state index contributed by atoms with van der Waals surface area (Å²) in [5.74, 6) is 1.08. The summed E-state index contributed by atoms with van der Waals surface area (Å²) >= 11 is 0. The van der Waals surface area contributed by atoms with Crippen molar-refractivity contribution in [2.24, 2.45) is 20.6 Å². The third-order valence-electron chi connectivity index (χ3n) is 3.87. The smallest absolute Gasteiger partial charge is 0.177 e. The molecule has 0 saturated carbocycles. The van der Waals surface area contributed by atoms with Gasteiger partial charge in [0.1, 0.15) is 0 Å². The van der Waals surface area contributed by atoms with Crippen molar-refractivity contribution >= 4 is 22.8 Å². The second-order valence-electron chi connectivity index (χ2n) is 5.70. The number of nitrogens with zero attached hydrogens (tertiary/aromatic N) is 4. The Morgan fingerprint density at radius 1 is 0.455 bits per heavy atom. The number of rotatable bonds is 6. The van der Waals surface area contributed by atoms with E-state index in [4.69, 9.17) is 38.5 Å². The molecule has 0 aromatic carbocycles. The van der Waals surface area contributed by atoms with Crippen LogP contribution in [0.1, 0.15) is 23.0 Å². The zero-order valence-electron chi connectivity index (χ0n) is 16.4. The largest absolute Gasteiger partial charge is 0.463 e. The normalized spacial score (nSPS) is 12.6. The zero-order valence-corrected chi connectivity index (χ0v) is 17.4. The van der Waals surface area contributed by atoms with Crippen LogP contribution in [0.5, 0.6) is 0 Å². The summed E-state index contributed by atoms with van der Waals surface area (Å²) < 4.78 is 20.2. The summed E-state index contributed by atoms with van der Waals surface area (Å²) in [4.78, 5) is 0. The third kappa shape index (κ3) is 5.81. The first-order valence-corrected chi connectivity index (χ1v) is 8.78. The van der Waals surface area contributed by atoms with E-state index in [1.54, 1.807) is 48.5 Å². The summed E-state index contributed by atoms with van der Waals surface area (Å²) in [6.07, 6.45) is 5.66. The van der Waals surface area contributed by atoms with E-state index in [1.165, 1.54) is 25.1 Å². The Labute approximate surface area is 195 Å². The van der Waals surface area contributed by atoms with Crippen molar-refractivity contribution in [3.8, 4) is 0 Å². The Morgan fingerprint density at radius 2 is 0.667 bits per heavy atom. The monoisotopic (exact) mass is 503 g/mol. The molecule has 13 heteroatoms. The van der Waals surface area contributed by atoms with E-state index in [-0.39, 0.29) is 63.0 Å². The van der Waals surface area contributed by atoms with Crippen molar-refractivity contribution in [3.05, 3.63) is 96.6 Å². The number of hydrogen-bond acceptors (Lipinski definition) is 12. The van der Waals surface area contributed by atoms with Crippen LogP contribution in [-0.4, -0.2) is 43.7 Å². The van der Waals surface area contributed by atoms with Gasteiger partial charge < -0.3 is 38.5 Å². The number of hydrogen-bond donors (Lipinski definition) is 4. The predicted molar refractivity (Wildman–Crippen MR) is 108 cm³/mol. The van der Waals surface area contributed by atoms with Gasteiger partial charge in [0.15, 0.2) is 45.9 Å². The van der Waals surface area contributed by atoms with E-state index in [0.29, 0.717) is 0 Å². The van der Waals surface area contributed by atoms with Crippen LogP contribution in [-0.2, 0) is 17.1 Å². The molecular weight excluding hydrogens is 488 g/mol. The molecule has 1 radical (unpaired) electrons. The Kier molecular flexibility index (Phi) is 9.31. The second-order valence-corrected chi connectivity index (χ2v) is 5.70. The first-order valence-electron chi connectivity index (χ1n) is 8.78. The van der Waals surface area contributed by atoms with Gasteiger partial charge in [0.25, 0.3) is 0 Å². The Balaban J connectivity index is 0.000000227. The molecule has 4 aromatic heterocycles. The van der Waals surface area contributed by atoms with Gasteiger partial charge >= 0.3 is 0 Å². The van der Waals surface area contributed by atoms with Crippen molar-refractivity contribution in [2.75, 3.05) is 0 Å².